The zero-order chi connectivity index (χ0) is 12.7. The van der Waals surface area contributed by atoms with Crippen molar-refractivity contribution in [2.75, 3.05) is 0 Å². The van der Waals surface area contributed by atoms with Gasteiger partial charge < -0.3 is 10.8 Å². The minimum absolute atomic E-state index is 0.490. The Morgan fingerprint density at radius 3 is 2.24 bits per heavy atom. The molecular weight excluding hydrogens is 214 g/mol. The van der Waals surface area contributed by atoms with Gasteiger partial charge in [0, 0.05) is 0 Å². The second kappa shape index (κ2) is 7.07. The Kier molecular flexibility index (Phi) is 5.70. The van der Waals surface area contributed by atoms with E-state index < -0.39 is 12.0 Å². The summed E-state index contributed by atoms with van der Waals surface area (Å²) in [6, 6.07) is 7.63. The lowest BCUT2D eigenvalue weighted by molar-refractivity contribution is -0.138. The fourth-order valence-electron chi connectivity index (χ4n) is 1.70. The lowest BCUT2D eigenvalue weighted by atomic mass is 10.0. The highest BCUT2D eigenvalue weighted by molar-refractivity contribution is 5.73. The molecule has 3 heteroatoms. The van der Waals surface area contributed by atoms with Gasteiger partial charge in [0.25, 0.3) is 0 Å². The van der Waals surface area contributed by atoms with Crippen LogP contribution in [0.2, 0.25) is 0 Å². The van der Waals surface area contributed by atoms with Crippen molar-refractivity contribution in [2.24, 2.45) is 5.73 Å². The van der Waals surface area contributed by atoms with Gasteiger partial charge in [0.15, 0.2) is 0 Å². The van der Waals surface area contributed by atoms with Gasteiger partial charge in [-0.05, 0) is 36.8 Å². The van der Waals surface area contributed by atoms with Crippen LogP contribution in [0.3, 0.4) is 0 Å². The zero-order valence-corrected chi connectivity index (χ0v) is 10.4. The van der Waals surface area contributed by atoms with Gasteiger partial charge in [0.2, 0.25) is 0 Å². The average Bonchev–Trinajstić information content (AvgIpc) is 2.34. The van der Waals surface area contributed by atoms with E-state index in [0.717, 1.165) is 18.4 Å². The molecule has 3 nitrogen and oxygen atoms in total. The first kappa shape index (κ1) is 13.7. The predicted octanol–water partition coefficient (Wildman–Crippen LogP) is 2.37. The van der Waals surface area contributed by atoms with Gasteiger partial charge in [0.05, 0.1) is 0 Å². The SMILES string of the molecule is CCCCc1ccc(CCC(N)C(=O)O)cc1. The fourth-order valence-corrected chi connectivity index (χ4v) is 1.70. The number of unbranched alkanes of at least 4 members (excludes halogenated alkanes) is 1. The first-order chi connectivity index (χ1) is 8.13. The molecule has 1 atom stereocenters. The molecule has 0 aromatic heterocycles. The highest BCUT2D eigenvalue weighted by Gasteiger charge is 2.10. The fraction of sp³-hybridized carbons (Fsp3) is 0.500. The van der Waals surface area contributed by atoms with E-state index in [0.29, 0.717) is 6.42 Å². The molecule has 0 radical (unpaired) electrons. The van der Waals surface area contributed by atoms with Crippen molar-refractivity contribution < 1.29 is 9.90 Å². The molecule has 94 valence electrons. The molecule has 17 heavy (non-hydrogen) atoms. The molecule has 1 unspecified atom stereocenters. The molecule has 1 rings (SSSR count). The van der Waals surface area contributed by atoms with Crippen molar-refractivity contribution in [3.8, 4) is 0 Å². The van der Waals surface area contributed by atoms with E-state index in [4.69, 9.17) is 10.8 Å². The Bertz CT molecular complexity index is 346. The topological polar surface area (TPSA) is 63.3 Å². The Balaban J connectivity index is 2.42. The first-order valence-electron chi connectivity index (χ1n) is 6.19. The zero-order valence-electron chi connectivity index (χ0n) is 10.4. The van der Waals surface area contributed by atoms with Gasteiger partial charge in [0.1, 0.15) is 6.04 Å². The highest BCUT2D eigenvalue weighted by Crippen LogP contribution is 2.10. The maximum atomic E-state index is 10.6. The van der Waals surface area contributed by atoms with Crippen LogP contribution in [0.15, 0.2) is 24.3 Å². The third kappa shape index (κ3) is 5.00. The van der Waals surface area contributed by atoms with Crippen molar-refractivity contribution in [1.29, 1.82) is 0 Å². The van der Waals surface area contributed by atoms with Crippen LogP contribution in [0.1, 0.15) is 37.3 Å². The number of hydrogen-bond acceptors (Lipinski definition) is 2. The van der Waals surface area contributed by atoms with Crippen LogP contribution < -0.4 is 5.73 Å². The van der Waals surface area contributed by atoms with E-state index in [-0.39, 0.29) is 0 Å². The summed E-state index contributed by atoms with van der Waals surface area (Å²) in [7, 11) is 0. The third-order valence-corrected chi connectivity index (χ3v) is 2.90. The lowest BCUT2D eigenvalue weighted by Crippen LogP contribution is -2.30. The highest BCUT2D eigenvalue weighted by atomic mass is 16.4. The molecule has 3 N–H and O–H groups in total. The summed E-state index contributed by atoms with van der Waals surface area (Å²) < 4.78 is 0. The van der Waals surface area contributed by atoms with Crippen molar-refractivity contribution in [2.45, 2.75) is 45.1 Å². The quantitative estimate of drug-likeness (QED) is 0.762. The maximum Gasteiger partial charge on any atom is 0.320 e. The summed E-state index contributed by atoms with van der Waals surface area (Å²) in [5.74, 6) is -0.926. The number of benzene rings is 1. The van der Waals surface area contributed by atoms with Crippen LogP contribution >= 0.6 is 0 Å². The van der Waals surface area contributed by atoms with Gasteiger partial charge in [-0.25, -0.2) is 0 Å². The number of rotatable bonds is 7. The molecule has 0 heterocycles. The summed E-state index contributed by atoms with van der Waals surface area (Å²) in [4.78, 5) is 10.6. The summed E-state index contributed by atoms with van der Waals surface area (Å²) >= 11 is 0. The molecule has 0 spiro atoms. The Labute approximate surface area is 103 Å². The molecule has 0 aliphatic rings. The molecule has 0 aliphatic carbocycles. The third-order valence-electron chi connectivity index (χ3n) is 2.90. The van der Waals surface area contributed by atoms with Gasteiger partial charge in [-0.1, -0.05) is 37.6 Å². The van der Waals surface area contributed by atoms with E-state index in [2.05, 4.69) is 31.2 Å². The molecule has 0 amide bonds. The Hall–Kier alpha value is -1.35. The van der Waals surface area contributed by atoms with Gasteiger partial charge in [-0.2, -0.15) is 0 Å². The van der Waals surface area contributed by atoms with Crippen LogP contribution in [-0.2, 0) is 17.6 Å². The van der Waals surface area contributed by atoms with Crippen LogP contribution in [0.25, 0.3) is 0 Å². The Morgan fingerprint density at radius 2 is 1.76 bits per heavy atom. The minimum atomic E-state index is -0.926. The molecule has 0 saturated heterocycles. The van der Waals surface area contributed by atoms with Crippen LogP contribution in [0.4, 0.5) is 0 Å². The van der Waals surface area contributed by atoms with Gasteiger partial charge >= 0.3 is 5.97 Å². The molecule has 0 bridgehead atoms. The van der Waals surface area contributed by atoms with E-state index in [1.54, 1.807) is 0 Å². The number of carbonyl (C=O) groups is 1. The van der Waals surface area contributed by atoms with Crippen LogP contribution in [0, 0.1) is 0 Å². The number of hydrogen-bond donors (Lipinski definition) is 2. The lowest BCUT2D eigenvalue weighted by Gasteiger charge is -2.07. The predicted molar refractivity (Wildman–Crippen MR) is 69.0 cm³/mol. The molecule has 0 saturated carbocycles. The maximum absolute atomic E-state index is 10.6. The van der Waals surface area contributed by atoms with Crippen LogP contribution in [0.5, 0.6) is 0 Å². The summed E-state index contributed by atoms with van der Waals surface area (Å²) in [6.07, 6.45) is 4.75. The smallest absolute Gasteiger partial charge is 0.320 e. The van der Waals surface area contributed by atoms with E-state index in [9.17, 15) is 4.79 Å². The monoisotopic (exact) mass is 235 g/mol. The summed E-state index contributed by atoms with van der Waals surface area (Å²) in [5, 5.41) is 8.68. The number of aryl methyl sites for hydroxylation is 2. The van der Waals surface area contributed by atoms with E-state index in [1.165, 1.54) is 18.4 Å². The minimum Gasteiger partial charge on any atom is -0.480 e. The normalized spacial score (nSPS) is 12.4. The van der Waals surface area contributed by atoms with Gasteiger partial charge in [-0.15, -0.1) is 0 Å². The first-order valence-corrected chi connectivity index (χ1v) is 6.19. The summed E-state index contributed by atoms with van der Waals surface area (Å²) in [6.45, 7) is 2.18. The van der Waals surface area contributed by atoms with Crippen molar-refractivity contribution in [1.82, 2.24) is 0 Å². The largest absolute Gasteiger partial charge is 0.480 e. The molecule has 1 aromatic carbocycles. The van der Waals surface area contributed by atoms with Gasteiger partial charge in [-0.3, -0.25) is 4.79 Å². The van der Waals surface area contributed by atoms with Crippen molar-refractivity contribution in [3.63, 3.8) is 0 Å². The van der Waals surface area contributed by atoms with Crippen molar-refractivity contribution in [3.05, 3.63) is 35.4 Å². The van der Waals surface area contributed by atoms with Crippen LogP contribution in [-0.4, -0.2) is 17.1 Å². The number of carboxylic acids is 1. The van der Waals surface area contributed by atoms with E-state index in [1.807, 2.05) is 0 Å². The molecule has 1 aromatic rings. The molecular formula is C14H21NO2. The second-order valence-corrected chi connectivity index (χ2v) is 4.40. The standard InChI is InChI=1S/C14H21NO2/c1-2-3-4-11-5-7-12(8-6-11)9-10-13(15)14(16)17/h5-8,13H,2-4,9-10,15H2,1H3,(H,16,17). The number of nitrogens with two attached hydrogens (primary N) is 1. The number of aliphatic carboxylic acids is 1. The molecule has 0 fully saturated rings. The second-order valence-electron chi connectivity index (χ2n) is 4.40. The molecule has 0 aliphatic heterocycles. The average molecular weight is 235 g/mol. The number of carboxylic acid groups (broad SMARTS) is 1. The Morgan fingerprint density at radius 1 is 1.24 bits per heavy atom. The summed E-state index contributed by atoms with van der Waals surface area (Å²) in [5.41, 5.74) is 7.96. The van der Waals surface area contributed by atoms with Crippen molar-refractivity contribution >= 4 is 5.97 Å². The van der Waals surface area contributed by atoms with E-state index >= 15 is 0 Å².